The van der Waals surface area contributed by atoms with Gasteiger partial charge in [-0.15, -0.1) is 0 Å². The van der Waals surface area contributed by atoms with Gasteiger partial charge in [-0.2, -0.15) is 0 Å². The molecule has 0 unspecified atom stereocenters. The van der Waals surface area contributed by atoms with Crippen molar-refractivity contribution in [3.05, 3.63) is 23.3 Å². The molecule has 0 radical (unpaired) electrons. The smallest absolute Gasteiger partial charge is 0.328 e. The summed E-state index contributed by atoms with van der Waals surface area (Å²) in [7, 11) is 1.71. The summed E-state index contributed by atoms with van der Waals surface area (Å²) in [6, 6.07) is 0. The zero-order valence-corrected chi connectivity index (χ0v) is 7.12. The van der Waals surface area contributed by atoms with E-state index in [4.69, 9.17) is 16.7 Å². The van der Waals surface area contributed by atoms with Crippen LogP contribution in [0.25, 0.3) is 6.08 Å². The van der Waals surface area contributed by atoms with E-state index in [1.54, 1.807) is 11.6 Å². The molecule has 0 aliphatic rings. The zero-order valence-electron chi connectivity index (χ0n) is 6.36. The van der Waals surface area contributed by atoms with Gasteiger partial charge in [0.15, 0.2) is 0 Å². The van der Waals surface area contributed by atoms with Crippen LogP contribution < -0.4 is 0 Å². The minimum atomic E-state index is -1.01. The molecule has 0 saturated heterocycles. The lowest BCUT2D eigenvalue weighted by Gasteiger charge is -1.94. The van der Waals surface area contributed by atoms with E-state index in [1.165, 1.54) is 12.3 Å². The zero-order chi connectivity index (χ0) is 9.14. The van der Waals surface area contributed by atoms with Crippen molar-refractivity contribution in [2.24, 2.45) is 7.05 Å². The Balaban J connectivity index is 2.90. The summed E-state index contributed by atoms with van der Waals surface area (Å²) in [5, 5.41) is 8.79. The number of aromatic nitrogens is 2. The molecule has 64 valence electrons. The molecule has 0 aliphatic heterocycles. The van der Waals surface area contributed by atoms with E-state index in [-0.39, 0.29) is 0 Å². The molecule has 5 heteroatoms. The molecular weight excluding hydrogens is 180 g/mol. The summed E-state index contributed by atoms with van der Waals surface area (Å²) in [5.74, 6) is -0.489. The maximum Gasteiger partial charge on any atom is 0.328 e. The quantitative estimate of drug-likeness (QED) is 0.706. The number of hydrogen-bond donors (Lipinski definition) is 1. The predicted octanol–water partition coefficient (Wildman–Crippen LogP) is 1.17. The molecular formula is C7H7ClN2O2. The molecule has 0 saturated carbocycles. The van der Waals surface area contributed by atoms with Gasteiger partial charge in [-0.3, -0.25) is 0 Å². The van der Waals surface area contributed by atoms with E-state index >= 15 is 0 Å². The number of carbonyl (C=O) groups is 1. The lowest BCUT2D eigenvalue weighted by atomic mass is 10.5. The summed E-state index contributed by atoms with van der Waals surface area (Å²) in [6.45, 7) is 0. The first-order valence-electron chi connectivity index (χ1n) is 3.19. The minimum Gasteiger partial charge on any atom is -0.478 e. The topological polar surface area (TPSA) is 55.1 Å². The largest absolute Gasteiger partial charge is 0.478 e. The highest BCUT2D eigenvalue weighted by molar-refractivity contribution is 6.29. The van der Waals surface area contributed by atoms with Gasteiger partial charge >= 0.3 is 5.97 Å². The lowest BCUT2D eigenvalue weighted by Crippen LogP contribution is -1.93. The number of aliphatic carboxylic acids is 1. The van der Waals surface area contributed by atoms with Gasteiger partial charge in [0, 0.05) is 13.1 Å². The van der Waals surface area contributed by atoms with Crippen LogP contribution in [0, 0.1) is 0 Å². The van der Waals surface area contributed by atoms with Crippen molar-refractivity contribution in [1.29, 1.82) is 0 Å². The highest BCUT2D eigenvalue weighted by atomic mass is 35.5. The molecule has 0 bridgehead atoms. The summed E-state index contributed by atoms with van der Waals surface area (Å²) in [6.07, 6.45) is 3.86. The minimum absolute atomic E-state index is 0.472. The van der Waals surface area contributed by atoms with Crippen LogP contribution in [0.3, 0.4) is 0 Å². The summed E-state index contributed by atoms with van der Waals surface area (Å²) >= 11 is 5.66. The Kier molecular flexibility index (Phi) is 2.50. The molecule has 4 nitrogen and oxygen atoms in total. The lowest BCUT2D eigenvalue weighted by molar-refractivity contribution is -0.131. The first-order chi connectivity index (χ1) is 5.61. The molecule has 0 atom stereocenters. The van der Waals surface area contributed by atoms with E-state index in [2.05, 4.69) is 4.98 Å². The fraction of sp³-hybridized carbons (Fsp3) is 0.143. The third kappa shape index (κ3) is 1.85. The number of carboxylic acids is 1. The van der Waals surface area contributed by atoms with Gasteiger partial charge in [-0.05, 0) is 6.08 Å². The van der Waals surface area contributed by atoms with Gasteiger partial charge in [-0.1, -0.05) is 11.6 Å². The van der Waals surface area contributed by atoms with Crippen molar-refractivity contribution in [3.63, 3.8) is 0 Å². The maximum atomic E-state index is 10.1. The van der Waals surface area contributed by atoms with E-state index in [0.717, 1.165) is 6.08 Å². The number of halogens is 1. The summed E-state index contributed by atoms with van der Waals surface area (Å²) in [4.78, 5) is 14.0. The van der Waals surface area contributed by atoms with Crippen molar-refractivity contribution >= 4 is 23.6 Å². The molecule has 0 amide bonds. The molecule has 12 heavy (non-hydrogen) atoms. The van der Waals surface area contributed by atoms with Crippen LogP contribution in [0.2, 0.25) is 5.15 Å². The summed E-state index contributed by atoms with van der Waals surface area (Å²) in [5.41, 5.74) is 0. The summed E-state index contributed by atoms with van der Waals surface area (Å²) < 4.78 is 1.58. The van der Waals surface area contributed by atoms with Gasteiger partial charge < -0.3 is 9.67 Å². The standard InChI is InChI=1S/C7H7ClN2O2/c1-10-5(8)4-9-6(10)2-3-7(11)12/h2-4H,1H3,(H,11,12)/b3-2+. The molecule has 0 fully saturated rings. The van der Waals surface area contributed by atoms with Gasteiger partial charge in [0.25, 0.3) is 0 Å². The third-order valence-corrected chi connectivity index (χ3v) is 1.69. The molecule has 1 heterocycles. The predicted molar refractivity (Wildman–Crippen MR) is 44.9 cm³/mol. The molecule has 0 aromatic carbocycles. The Morgan fingerprint density at radius 3 is 2.92 bits per heavy atom. The van der Waals surface area contributed by atoms with Crippen LogP contribution in [0.1, 0.15) is 5.82 Å². The molecule has 1 N–H and O–H groups in total. The second-order valence-electron chi connectivity index (χ2n) is 2.17. The van der Waals surface area contributed by atoms with E-state index in [9.17, 15) is 4.79 Å². The number of nitrogens with zero attached hydrogens (tertiary/aromatic N) is 2. The number of rotatable bonds is 2. The Morgan fingerprint density at radius 1 is 1.83 bits per heavy atom. The van der Waals surface area contributed by atoms with Crippen LogP contribution >= 0.6 is 11.6 Å². The van der Waals surface area contributed by atoms with Gasteiger partial charge in [0.05, 0.1) is 6.20 Å². The maximum absolute atomic E-state index is 10.1. The third-order valence-electron chi connectivity index (χ3n) is 1.34. The Hall–Kier alpha value is -1.29. The van der Waals surface area contributed by atoms with Gasteiger partial charge in [0.1, 0.15) is 11.0 Å². The van der Waals surface area contributed by atoms with Crippen LogP contribution in [0.4, 0.5) is 0 Å². The highest BCUT2D eigenvalue weighted by Gasteiger charge is 1.99. The first kappa shape index (κ1) is 8.80. The van der Waals surface area contributed by atoms with E-state index < -0.39 is 5.97 Å². The second kappa shape index (κ2) is 3.40. The fourth-order valence-corrected chi connectivity index (χ4v) is 0.838. The number of hydrogen-bond acceptors (Lipinski definition) is 2. The highest BCUT2D eigenvalue weighted by Crippen LogP contribution is 2.09. The van der Waals surface area contributed by atoms with Gasteiger partial charge in [-0.25, -0.2) is 9.78 Å². The van der Waals surface area contributed by atoms with Gasteiger partial charge in [0.2, 0.25) is 0 Å². The monoisotopic (exact) mass is 186 g/mol. The SMILES string of the molecule is Cn1c(Cl)cnc1/C=C/C(=O)O. The van der Waals surface area contributed by atoms with Crippen LogP contribution in [0.5, 0.6) is 0 Å². The Bertz CT molecular complexity index is 330. The molecule has 1 aromatic heterocycles. The number of carboxylic acid groups (broad SMARTS) is 1. The molecule has 1 rings (SSSR count). The average Bonchev–Trinajstić information content (AvgIpc) is 2.30. The van der Waals surface area contributed by atoms with Crippen molar-refractivity contribution < 1.29 is 9.90 Å². The number of imidazole rings is 1. The molecule has 0 spiro atoms. The van der Waals surface area contributed by atoms with Crippen LogP contribution in [-0.2, 0) is 11.8 Å². The Labute approximate surface area is 74.1 Å². The fourth-order valence-electron chi connectivity index (χ4n) is 0.703. The molecule has 1 aromatic rings. The second-order valence-corrected chi connectivity index (χ2v) is 2.56. The van der Waals surface area contributed by atoms with Crippen molar-refractivity contribution in [2.45, 2.75) is 0 Å². The normalized spacial score (nSPS) is 10.8. The Morgan fingerprint density at radius 2 is 2.50 bits per heavy atom. The van der Waals surface area contributed by atoms with E-state index in [0.29, 0.717) is 11.0 Å². The average molecular weight is 187 g/mol. The first-order valence-corrected chi connectivity index (χ1v) is 3.57. The van der Waals surface area contributed by atoms with Crippen LogP contribution in [-0.4, -0.2) is 20.6 Å². The molecule has 0 aliphatic carbocycles. The van der Waals surface area contributed by atoms with Crippen LogP contribution in [0.15, 0.2) is 12.3 Å². The van der Waals surface area contributed by atoms with Crippen molar-refractivity contribution in [3.8, 4) is 0 Å². The van der Waals surface area contributed by atoms with E-state index in [1.807, 2.05) is 0 Å². The van der Waals surface area contributed by atoms with Crippen molar-refractivity contribution in [2.75, 3.05) is 0 Å². The van der Waals surface area contributed by atoms with Crippen molar-refractivity contribution in [1.82, 2.24) is 9.55 Å².